The molecule has 1 fully saturated rings. The van der Waals surface area contributed by atoms with Crippen LogP contribution in [0.4, 0.5) is 0 Å². The Labute approximate surface area is 84.5 Å². The monoisotopic (exact) mass is 203 g/mol. The second-order valence-corrected chi connectivity index (χ2v) is 4.29. The lowest BCUT2D eigenvalue weighted by Crippen LogP contribution is -2.48. The molecule has 76 valence electrons. The molecule has 0 spiro atoms. The number of thiol groups is 1. The molecule has 13 heavy (non-hydrogen) atoms. The maximum atomic E-state index is 11.6. The lowest BCUT2D eigenvalue weighted by molar-refractivity contribution is -0.134. The number of hydrogen-bond acceptors (Lipinski definition) is 3. The molecule has 0 aromatic carbocycles. The van der Waals surface area contributed by atoms with E-state index in [1.165, 1.54) is 6.42 Å². The quantitative estimate of drug-likeness (QED) is 0.660. The molecule has 3 nitrogen and oxygen atoms in total. The Bertz CT molecular complexity index is 180. The van der Waals surface area contributed by atoms with Gasteiger partial charge < -0.3 is 10.0 Å². The molecule has 1 saturated carbocycles. The van der Waals surface area contributed by atoms with Crippen LogP contribution in [0.25, 0.3) is 0 Å². The minimum atomic E-state index is -0.257. The van der Waals surface area contributed by atoms with E-state index in [-0.39, 0.29) is 17.8 Å². The Morgan fingerprint density at radius 3 is 2.62 bits per heavy atom. The summed E-state index contributed by atoms with van der Waals surface area (Å²) < 4.78 is 0. The molecule has 0 saturated heterocycles. The van der Waals surface area contributed by atoms with Crippen LogP contribution in [-0.2, 0) is 4.79 Å². The van der Waals surface area contributed by atoms with Gasteiger partial charge in [-0.3, -0.25) is 4.79 Å². The summed E-state index contributed by atoms with van der Waals surface area (Å²) in [5, 5.41) is 8.56. The highest BCUT2D eigenvalue weighted by Crippen LogP contribution is 2.25. The molecule has 0 heterocycles. The summed E-state index contributed by atoms with van der Waals surface area (Å²) in [4.78, 5) is 13.4. The van der Waals surface area contributed by atoms with Crippen molar-refractivity contribution in [3.63, 3.8) is 0 Å². The van der Waals surface area contributed by atoms with Gasteiger partial charge in [-0.2, -0.15) is 12.6 Å². The zero-order valence-corrected chi connectivity index (χ0v) is 8.83. The predicted octanol–water partition coefficient (Wildman–Crippen LogP) is 0.678. The standard InChI is InChI=1S/C9H17NO2S/c1-7(13)9(12)10(5-6-11)8-3-2-4-8/h7-8,11,13H,2-6H2,1H3. The summed E-state index contributed by atoms with van der Waals surface area (Å²) in [6.07, 6.45) is 3.35. The van der Waals surface area contributed by atoms with E-state index in [0.717, 1.165) is 12.8 Å². The van der Waals surface area contributed by atoms with Crippen molar-refractivity contribution in [2.75, 3.05) is 13.2 Å². The smallest absolute Gasteiger partial charge is 0.235 e. The number of rotatable bonds is 4. The van der Waals surface area contributed by atoms with E-state index in [4.69, 9.17) is 5.11 Å². The van der Waals surface area contributed by atoms with E-state index in [2.05, 4.69) is 12.6 Å². The number of carbonyl (C=O) groups excluding carboxylic acids is 1. The molecule has 1 atom stereocenters. The maximum absolute atomic E-state index is 11.6. The molecule has 0 radical (unpaired) electrons. The number of carbonyl (C=O) groups is 1. The van der Waals surface area contributed by atoms with Gasteiger partial charge in [0.05, 0.1) is 11.9 Å². The van der Waals surface area contributed by atoms with Crippen molar-refractivity contribution in [3.05, 3.63) is 0 Å². The van der Waals surface area contributed by atoms with Gasteiger partial charge in [0.15, 0.2) is 0 Å². The average molecular weight is 203 g/mol. The summed E-state index contributed by atoms with van der Waals surface area (Å²) in [6, 6.07) is 0.356. The van der Waals surface area contributed by atoms with Crippen LogP contribution in [0, 0.1) is 0 Å². The first-order valence-electron chi connectivity index (χ1n) is 4.76. The highest BCUT2D eigenvalue weighted by atomic mass is 32.1. The number of amides is 1. The summed E-state index contributed by atoms with van der Waals surface area (Å²) in [5.74, 6) is 0.0436. The van der Waals surface area contributed by atoms with Gasteiger partial charge >= 0.3 is 0 Å². The van der Waals surface area contributed by atoms with Crippen LogP contribution >= 0.6 is 12.6 Å². The van der Waals surface area contributed by atoms with E-state index in [1.54, 1.807) is 11.8 Å². The second kappa shape index (κ2) is 4.86. The zero-order chi connectivity index (χ0) is 9.84. The average Bonchev–Trinajstić information content (AvgIpc) is 1.99. The van der Waals surface area contributed by atoms with Crippen LogP contribution in [0.3, 0.4) is 0 Å². The van der Waals surface area contributed by atoms with Crippen LogP contribution in [0.5, 0.6) is 0 Å². The molecule has 0 aromatic heterocycles. The third kappa shape index (κ3) is 2.61. The Morgan fingerprint density at radius 2 is 2.31 bits per heavy atom. The maximum Gasteiger partial charge on any atom is 0.235 e. The highest BCUT2D eigenvalue weighted by molar-refractivity contribution is 7.81. The van der Waals surface area contributed by atoms with Crippen LogP contribution < -0.4 is 0 Å². The van der Waals surface area contributed by atoms with E-state index >= 15 is 0 Å². The first-order chi connectivity index (χ1) is 6.16. The molecule has 0 aromatic rings. The van der Waals surface area contributed by atoms with Crippen LogP contribution in [0.15, 0.2) is 0 Å². The first-order valence-corrected chi connectivity index (χ1v) is 5.28. The van der Waals surface area contributed by atoms with Crippen molar-refractivity contribution in [1.29, 1.82) is 0 Å². The molecule has 0 bridgehead atoms. The van der Waals surface area contributed by atoms with Gasteiger partial charge in [-0.25, -0.2) is 0 Å². The van der Waals surface area contributed by atoms with Crippen LogP contribution in [-0.4, -0.2) is 40.4 Å². The number of hydrogen-bond donors (Lipinski definition) is 2. The Kier molecular flexibility index (Phi) is 4.06. The predicted molar refractivity (Wildman–Crippen MR) is 54.9 cm³/mol. The summed E-state index contributed by atoms with van der Waals surface area (Å²) in [7, 11) is 0. The van der Waals surface area contributed by atoms with Crippen LogP contribution in [0.1, 0.15) is 26.2 Å². The molecule has 1 aliphatic rings. The van der Waals surface area contributed by atoms with Gasteiger partial charge in [0.25, 0.3) is 0 Å². The first kappa shape index (κ1) is 10.9. The molecule has 1 aliphatic carbocycles. The van der Waals surface area contributed by atoms with Gasteiger partial charge in [-0.05, 0) is 26.2 Å². The van der Waals surface area contributed by atoms with Gasteiger partial charge in [0, 0.05) is 12.6 Å². The van der Waals surface area contributed by atoms with Gasteiger partial charge in [0.1, 0.15) is 0 Å². The molecule has 1 N–H and O–H groups in total. The normalized spacial score (nSPS) is 19.3. The number of aliphatic hydroxyl groups is 1. The number of nitrogens with zero attached hydrogens (tertiary/aromatic N) is 1. The van der Waals surface area contributed by atoms with Crippen molar-refractivity contribution >= 4 is 18.5 Å². The molecule has 1 unspecified atom stereocenters. The lowest BCUT2D eigenvalue weighted by Gasteiger charge is -2.38. The summed E-state index contributed by atoms with van der Waals surface area (Å²) in [6.45, 7) is 2.27. The summed E-state index contributed by atoms with van der Waals surface area (Å²) in [5.41, 5.74) is 0. The minimum absolute atomic E-state index is 0.0436. The van der Waals surface area contributed by atoms with Crippen molar-refractivity contribution in [2.45, 2.75) is 37.5 Å². The summed E-state index contributed by atoms with van der Waals surface area (Å²) >= 11 is 4.11. The van der Waals surface area contributed by atoms with Crippen molar-refractivity contribution in [3.8, 4) is 0 Å². The van der Waals surface area contributed by atoms with E-state index in [9.17, 15) is 4.79 Å². The fourth-order valence-corrected chi connectivity index (χ4v) is 1.67. The van der Waals surface area contributed by atoms with Crippen LogP contribution in [0.2, 0.25) is 0 Å². The Morgan fingerprint density at radius 1 is 1.69 bits per heavy atom. The molecular weight excluding hydrogens is 186 g/mol. The Hall–Kier alpha value is -0.220. The molecule has 0 aliphatic heterocycles. The zero-order valence-electron chi connectivity index (χ0n) is 7.94. The van der Waals surface area contributed by atoms with Crippen molar-refractivity contribution in [2.24, 2.45) is 0 Å². The molecule has 1 rings (SSSR count). The molecular formula is C9H17NO2S. The second-order valence-electron chi connectivity index (χ2n) is 3.52. The third-order valence-corrected chi connectivity index (χ3v) is 2.72. The van der Waals surface area contributed by atoms with Gasteiger partial charge in [-0.1, -0.05) is 0 Å². The van der Waals surface area contributed by atoms with Crippen molar-refractivity contribution < 1.29 is 9.90 Å². The topological polar surface area (TPSA) is 40.5 Å². The van der Waals surface area contributed by atoms with Gasteiger partial charge in [0.2, 0.25) is 5.91 Å². The fraction of sp³-hybridized carbons (Fsp3) is 0.889. The highest BCUT2D eigenvalue weighted by Gasteiger charge is 2.29. The van der Waals surface area contributed by atoms with Gasteiger partial charge in [-0.15, -0.1) is 0 Å². The fourth-order valence-electron chi connectivity index (χ4n) is 1.52. The Balaban J connectivity index is 2.50. The largest absolute Gasteiger partial charge is 0.395 e. The SMILES string of the molecule is CC(S)C(=O)N(CCO)C1CCC1. The van der Waals surface area contributed by atoms with E-state index < -0.39 is 0 Å². The number of aliphatic hydroxyl groups excluding tert-OH is 1. The van der Waals surface area contributed by atoms with E-state index in [0.29, 0.717) is 12.6 Å². The third-order valence-electron chi connectivity index (χ3n) is 2.50. The molecule has 4 heteroatoms. The minimum Gasteiger partial charge on any atom is -0.395 e. The van der Waals surface area contributed by atoms with E-state index in [1.807, 2.05) is 0 Å². The van der Waals surface area contributed by atoms with Crippen molar-refractivity contribution in [1.82, 2.24) is 4.90 Å². The lowest BCUT2D eigenvalue weighted by atomic mass is 9.91. The molecule has 1 amide bonds.